The molecule has 1 heterocycles. The lowest BCUT2D eigenvalue weighted by Crippen LogP contribution is -2.16. The monoisotopic (exact) mass is 156 g/mol. The van der Waals surface area contributed by atoms with Crippen LogP contribution in [0.15, 0.2) is 0 Å². The summed E-state index contributed by atoms with van der Waals surface area (Å²) in [4.78, 5) is 0. The van der Waals surface area contributed by atoms with E-state index >= 15 is 0 Å². The second kappa shape index (κ2) is 3.11. The van der Waals surface area contributed by atoms with Gasteiger partial charge in [-0.05, 0) is 19.3 Å². The molecule has 0 aromatic carbocycles. The predicted molar refractivity (Wildman–Crippen MR) is 42.5 cm³/mol. The summed E-state index contributed by atoms with van der Waals surface area (Å²) in [6.45, 7) is 3.11. The van der Waals surface area contributed by atoms with Crippen LogP contribution in [-0.2, 0) is 9.47 Å². The van der Waals surface area contributed by atoms with Crippen molar-refractivity contribution in [2.45, 2.75) is 50.9 Å². The van der Waals surface area contributed by atoms with E-state index in [1.807, 2.05) is 0 Å². The van der Waals surface area contributed by atoms with E-state index in [4.69, 9.17) is 9.47 Å². The third-order valence-electron chi connectivity index (χ3n) is 2.55. The molecule has 1 aliphatic carbocycles. The highest BCUT2D eigenvalue weighted by atomic mass is 16.6. The van der Waals surface area contributed by atoms with Gasteiger partial charge in [-0.3, -0.25) is 0 Å². The Labute approximate surface area is 67.9 Å². The molecule has 0 spiro atoms. The quantitative estimate of drug-likeness (QED) is 0.456. The third-order valence-corrected chi connectivity index (χ3v) is 2.55. The van der Waals surface area contributed by atoms with Crippen molar-refractivity contribution >= 4 is 0 Å². The van der Waals surface area contributed by atoms with Gasteiger partial charge in [0.1, 0.15) is 6.10 Å². The Kier molecular flexibility index (Phi) is 2.14. The number of ether oxygens (including phenoxy) is 2. The fraction of sp³-hybridized carbons (Fsp3) is 1.00. The van der Waals surface area contributed by atoms with E-state index in [0.29, 0.717) is 18.3 Å². The van der Waals surface area contributed by atoms with Crippen molar-refractivity contribution in [3.63, 3.8) is 0 Å². The largest absolute Gasteiger partial charge is 0.375 e. The number of rotatable bonds is 4. The second-order valence-corrected chi connectivity index (χ2v) is 3.48. The van der Waals surface area contributed by atoms with Crippen LogP contribution in [0.5, 0.6) is 0 Å². The van der Waals surface area contributed by atoms with Crippen molar-refractivity contribution in [2.24, 2.45) is 0 Å². The lowest BCUT2D eigenvalue weighted by atomic mass is 10.3. The van der Waals surface area contributed by atoms with Gasteiger partial charge in [0.2, 0.25) is 0 Å². The maximum Gasteiger partial charge on any atom is 0.110 e. The molecular formula is C9H16O2. The molecule has 0 aromatic heterocycles. The van der Waals surface area contributed by atoms with Crippen molar-refractivity contribution in [1.29, 1.82) is 0 Å². The lowest BCUT2D eigenvalue weighted by Gasteiger charge is -2.10. The molecule has 0 N–H and O–H groups in total. The van der Waals surface area contributed by atoms with Crippen LogP contribution in [0.4, 0.5) is 0 Å². The van der Waals surface area contributed by atoms with Crippen LogP contribution < -0.4 is 0 Å². The molecule has 1 saturated heterocycles. The smallest absolute Gasteiger partial charge is 0.110 e. The Morgan fingerprint density at radius 2 is 2.36 bits per heavy atom. The number of hydrogen-bond acceptors (Lipinski definition) is 2. The Bertz CT molecular complexity index is 136. The average Bonchev–Trinajstić information content (AvgIpc) is 2.70. The van der Waals surface area contributed by atoms with Crippen LogP contribution in [0, 0.1) is 0 Å². The summed E-state index contributed by atoms with van der Waals surface area (Å²) < 4.78 is 11.0. The van der Waals surface area contributed by atoms with Gasteiger partial charge in [-0.25, -0.2) is 0 Å². The summed E-state index contributed by atoms with van der Waals surface area (Å²) in [6.07, 6.45) is 6.34. The predicted octanol–water partition coefficient (Wildman–Crippen LogP) is 1.73. The minimum Gasteiger partial charge on any atom is -0.375 e. The van der Waals surface area contributed by atoms with Crippen LogP contribution in [0.1, 0.15) is 32.6 Å². The van der Waals surface area contributed by atoms with Crippen molar-refractivity contribution in [2.75, 3.05) is 6.61 Å². The summed E-state index contributed by atoms with van der Waals surface area (Å²) in [6, 6.07) is 0. The molecule has 2 nitrogen and oxygen atoms in total. The molecule has 0 aromatic rings. The maximum atomic E-state index is 5.67. The normalized spacial score (nSPS) is 40.6. The molecule has 2 fully saturated rings. The first-order valence-electron chi connectivity index (χ1n) is 4.69. The van der Waals surface area contributed by atoms with Gasteiger partial charge in [-0.2, -0.15) is 0 Å². The Morgan fingerprint density at radius 3 is 2.91 bits per heavy atom. The molecular weight excluding hydrogens is 140 g/mol. The Balaban J connectivity index is 1.63. The van der Waals surface area contributed by atoms with E-state index < -0.39 is 0 Å². The van der Waals surface area contributed by atoms with Gasteiger partial charge in [0.15, 0.2) is 0 Å². The number of unbranched alkanes of at least 4 members (excludes halogenated alkanes) is 1. The third kappa shape index (κ3) is 1.57. The SMILES string of the molecule is CCCCOC1CCC2O[C@H]12. The zero-order valence-corrected chi connectivity index (χ0v) is 7.08. The van der Waals surface area contributed by atoms with E-state index in [9.17, 15) is 0 Å². The molecule has 2 aliphatic rings. The molecule has 2 rings (SSSR count). The van der Waals surface area contributed by atoms with Gasteiger partial charge in [0.05, 0.1) is 12.2 Å². The topological polar surface area (TPSA) is 21.8 Å². The standard InChI is InChI=1S/C9H16O2/c1-2-3-6-10-7-4-5-8-9(7)11-8/h7-9H,2-6H2,1H3/t7?,8?,9-/m1/s1. The number of epoxide rings is 1. The molecule has 0 radical (unpaired) electrons. The van der Waals surface area contributed by atoms with Crippen molar-refractivity contribution < 1.29 is 9.47 Å². The van der Waals surface area contributed by atoms with Gasteiger partial charge >= 0.3 is 0 Å². The van der Waals surface area contributed by atoms with E-state index in [2.05, 4.69) is 6.92 Å². The fourth-order valence-corrected chi connectivity index (χ4v) is 1.77. The van der Waals surface area contributed by atoms with Crippen LogP contribution >= 0.6 is 0 Å². The first-order valence-corrected chi connectivity index (χ1v) is 4.69. The Hall–Kier alpha value is -0.0800. The molecule has 2 unspecified atom stereocenters. The van der Waals surface area contributed by atoms with Crippen LogP contribution in [0.25, 0.3) is 0 Å². The maximum absolute atomic E-state index is 5.67. The first-order chi connectivity index (χ1) is 5.42. The van der Waals surface area contributed by atoms with Crippen LogP contribution in [0.2, 0.25) is 0 Å². The van der Waals surface area contributed by atoms with Gasteiger partial charge in [0.25, 0.3) is 0 Å². The summed E-state index contributed by atoms with van der Waals surface area (Å²) in [5.41, 5.74) is 0. The molecule has 0 amide bonds. The average molecular weight is 156 g/mol. The molecule has 11 heavy (non-hydrogen) atoms. The molecule has 64 valence electrons. The molecule has 0 bridgehead atoms. The van der Waals surface area contributed by atoms with Crippen LogP contribution in [0.3, 0.4) is 0 Å². The van der Waals surface area contributed by atoms with Gasteiger partial charge in [-0.15, -0.1) is 0 Å². The second-order valence-electron chi connectivity index (χ2n) is 3.48. The molecule has 3 atom stereocenters. The van der Waals surface area contributed by atoms with Gasteiger partial charge < -0.3 is 9.47 Å². The highest BCUT2D eigenvalue weighted by Gasteiger charge is 2.50. The van der Waals surface area contributed by atoms with Crippen LogP contribution in [-0.4, -0.2) is 24.9 Å². The van der Waals surface area contributed by atoms with Gasteiger partial charge in [-0.1, -0.05) is 13.3 Å². The highest BCUT2D eigenvalue weighted by molar-refractivity contribution is 4.98. The van der Waals surface area contributed by atoms with E-state index in [0.717, 1.165) is 6.61 Å². The zero-order chi connectivity index (χ0) is 7.68. The fourth-order valence-electron chi connectivity index (χ4n) is 1.77. The Morgan fingerprint density at radius 1 is 1.45 bits per heavy atom. The number of fused-ring (bicyclic) bond motifs is 1. The summed E-state index contributed by atoms with van der Waals surface area (Å²) >= 11 is 0. The van der Waals surface area contributed by atoms with E-state index in [1.54, 1.807) is 0 Å². The molecule has 1 aliphatic heterocycles. The minimum absolute atomic E-state index is 0.437. The van der Waals surface area contributed by atoms with E-state index in [1.165, 1.54) is 25.7 Å². The highest BCUT2D eigenvalue weighted by Crippen LogP contribution is 2.40. The van der Waals surface area contributed by atoms with Gasteiger partial charge in [0, 0.05) is 6.61 Å². The lowest BCUT2D eigenvalue weighted by molar-refractivity contribution is 0.0256. The number of hydrogen-bond donors (Lipinski definition) is 0. The van der Waals surface area contributed by atoms with Crippen molar-refractivity contribution in [3.8, 4) is 0 Å². The van der Waals surface area contributed by atoms with Crippen molar-refractivity contribution in [1.82, 2.24) is 0 Å². The van der Waals surface area contributed by atoms with Crippen molar-refractivity contribution in [3.05, 3.63) is 0 Å². The summed E-state index contributed by atoms with van der Waals surface area (Å²) in [7, 11) is 0. The first kappa shape index (κ1) is 7.56. The zero-order valence-electron chi connectivity index (χ0n) is 7.08. The molecule has 2 heteroatoms. The molecule has 1 saturated carbocycles. The minimum atomic E-state index is 0.437. The van der Waals surface area contributed by atoms with E-state index in [-0.39, 0.29) is 0 Å². The summed E-state index contributed by atoms with van der Waals surface area (Å²) in [5.74, 6) is 0. The summed E-state index contributed by atoms with van der Waals surface area (Å²) in [5, 5.41) is 0.